The highest BCUT2D eigenvalue weighted by Gasteiger charge is 2.49. The topological polar surface area (TPSA) is 137 Å². The fourth-order valence-electron chi connectivity index (χ4n) is 2.99. The van der Waals surface area contributed by atoms with Crippen LogP contribution < -0.4 is 10.7 Å². The van der Waals surface area contributed by atoms with Gasteiger partial charge in [-0.1, -0.05) is 54.6 Å². The van der Waals surface area contributed by atoms with Crippen molar-refractivity contribution in [1.29, 1.82) is 0 Å². The molecule has 31 heavy (non-hydrogen) atoms. The van der Waals surface area contributed by atoms with Crippen LogP contribution in [0, 0.1) is 0 Å². The van der Waals surface area contributed by atoms with Gasteiger partial charge in [0.25, 0.3) is 5.91 Å². The van der Waals surface area contributed by atoms with Crippen LogP contribution >= 0.6 is 0 Å². The summed E-state index contributed by atoms with van der Waals surface area (Å²) in [5.41, 5.74) is 2.82. The van der Waals surface area contributed by atoms with Gasteiger partial charge in [0.15, 0.2) is 0 Å². The molecule has 0 unspecified atom stereocenters. The number of urea groups is 1. The number of imide groups is 1. The molecule has 0 saturated carbocycles. The van der Waals surface area contributed by atoms with Crippen molar-refractivity contribution < 1.29 is 29.0 Å². The lowest BCUT2D eigenvalue weighted by molar-refractivity contribution is -0.142. The summed E-state index contributed by atoms with van der Waals surface area (Å²) in [5.74, 6) is -1.93. The minimum atomic E-state index is -1.37. The third-order valence-corrected chi connectivity index (χ3v) is 4.64. The summed E-state index contributed by atoms with van der Waals surface area (Å²) in [4.78, 5) is 47.8. The van der Waals surface area contributed by atoms with Crippen LogP contribution in [0.25, 0.3) is 0 Å². The van der Waals surface area contributed by atoms with Crippen LogP contribution in [-0.4, -0.2) is 46.8 Å². The Kier molecular flexibility index (Phi) is 6.29. The third-order valence-electron chi connectivity index (χ3n) is 4.64. The Bertz CT molecular complexity index is 1020. The number of carboxylic acids is 1. The Labute approximate surface area is 177 Å². The van der Waals surface area contributed by atoms with Crippen molar-refractivity contribution in [2.45, 2.75) is 19.1 Å². The Balaban J connectivity index is 1.57. The number of hydrogen-bond donors (Lipinski definition) is 3. The van der Waals surface area contributed by atoms with Gasteiger partial charge in [-0.2, -0.15) is 5.10 Å². The van der Waals surface area contributed by atoms with E-state index in [1.807, 2.05) is 30.3 Å². The van der Waals surface area contributed by atoms with E-state index in [1.165, 1.54) is 13.1 Å². The van der Waals surface area contributed by atoms with Crippen molar-refractivity contribution >= 4 is 30.2 Å². The molecular formula is C21H20N4O6. The molecule has 1 aliphatic rings. The first-order chi connectivity index (χ1) is 14.8. The molecule has 4 amide bonds. The largest absolute Gasteiger partial charge is 0.480 e. The number of amides is 4. The summed E-state index contributed by atoms with van der Waals surface area (Å²) in [6.07, 6.45) is 0.684. The highest BCUT2D eigenvalue weighted by Crippen LogP contribution is 2.28. The van der Waals surface area contributed by atoms with E-state index >= 15 is 0 Å². The first kappa shape index (κ1) is 21.5. The number of aliphatic carboxylic acids is 1. The van der Waals surface area contributed by atoms with Crippen molar-refractivity contribution in [2.75, 3.05) is 6.54 Å². The summed E-state index contributed by atoms with van der Waals surface area (Å²) in [6, 6.07) is 14.9. The van der Waals surface area contributed by atoms with Crippen LogP contribution in [0.15, 0.2) is 59.7 Å². The van der Waals surface area contributed by atoms with Gasteiger partial charge in [-0.3, -0.25) is 14.5 Å². The third kappa shape index (κ3) is 5.04. The van der Waals surface area contributed by atoms with Gasteiger partial charge in [0.1, 0.15) is 18.7 Å². The molecule has 0 radical (unpaired) electrons. The molecule has 3 rings (SSSR count). The van der Waals surface area contributed by atoms with Crippen LogP contribution in [-0.2, 0) is 26.5 Å². The second-order valence-electron chi connectivity index (χ2n) is 6.89. The van der Waals surface area contributed by atoms with Gasteiger partial charge in [-0.25, -0.2) is 15.0 Å². The second kappa shape index (κ2) is 9.08. The van der Waals surface area contributed by atoms with Crippen molar-refractivity contribution in [3.05, 3.63) is 71.3 Å². The Morgan fingerprint density at radius 1 is 1.16 bits per heavy atom. The summed E-state index contributed by atoms with van der Waals surface area (Å²) in [7, 11) is 0. The number of hydrazone groups is 1. The lowest BCUT2D eigenvalue weighted by Crippen LogP contribution is -2.41. The first-order valence-electron chi connectivity index (χ1n) is 9.26. The molecule has 1 fully saturated rings. The Morgan fingerprint density at radius 2 is 1.84 bits per heavy atom. The van der Waals surface area contributed by atoms with Gasteiger partial charge in [-0.05, 0) is 23.6 Å². The molecule has 0 aliphatic carbocycles. The van der Waals surface area contributed by atoms with E-state index in [1.54, 1.807) is 24.3 Å². The van der Waals surface area contributed by atoms with Crippen LogP contribution in [0.1, 0.15) is 23.6 Å². The summed E-state index contributed by atoms with van der Waals surface area (Å²) >= 11 is 0. The fraction of sp³-hybridized carbons (Fsp3) is 0.190. The number of hydrogen-bond acceptors (Lipinski definition) is 6. The minimum absolute atomic E-state index is 0.119. The van der Waals surface area contributed by atoms with E-state index in [0.29, 0.717) is 16.0 Å². The summed E-state index contributed by atoms with van der Waals surface area (Å²) in [6.45, 7) is 0.910. The molecule has 160 valence electrons. The van der Waals surface area contributed by atoms with Crippen LogP contribution in [0.2, 0.25) is 0 Å². The predicted octanol–water partition coefficient (Wildman–Crippen LogP) is 1.80. The van der Waals surface area contributed by atoms with E-state index < -0.39 is 36.1 Å². The normalized spacial score (nSPS) is 18.2. The van der Waals surface area contributed by atoms with Gasteiger partial charge >= 0.3 is 18.1 Å². The zero-order valence-electron chi connectivity index (χ0n) is 16.6. The number of rotatable bonds is 7. The van der Waals surface area contributed by atoms with Gasteiger partial charge in [0, 0.05) is 0 Å². The highest BCUT2D eigenvalue weighted by molar-refractivity contribution is 6.08. The number of nitrogens with zero attached hydrogens (tertiary/aromatic N) is 2. The number of carbonyl (C=O) groups excluding carboxylic acids is 3. The number of carboxylic acid groups (broad SMARTS) is 1. The van der Waals surface area contributed by atoms with Gasteiger partial charge in [0.05, 0.1) is 6.21 Å². The number of nitrogens with one attached hydrogen (secondary N) is 2. The minimum Gasteiger partial charge on any atom is -0.480 e. The molecule has 1 saturated heterocycles. The standard InChI is InChI=1S/C21H20N4O6/c1-21(18(28)25(12-17(26)27)19(29)23-21)16-9-7-14(8-10-16)11-22-24-20(30)31-13-15-5-3-2-4-6-15/h2-11H,12-13H2,1H3,(H,23,29)(H,24,30)(H,26,27)/t21-/m1/s1. The van der Waals surface area contributed by atoms with Crippen molar-refractivity contribution in [2.24, 2.45) is 5.10 Å². The SMILES string of the molecule is C[C@]1(c2ccc(C=NNC(=O)OCc3ccccc3)cc2)NC(=O)N(CC(=O)O)C1=O. The lowest BCUT2D eigenvalue weighted by Gasteiger charge is -2.22. The van der Waals surface area contributed by atoms with Gasteiger partial charge in [-0.15, -0.1) is 0 Å². The monoisotopic (exact) mass is 424 g/mol. The molecule has 0 spiro atoms. The molecular weight excluding hydrogens is 404 g/mol. The lowest BCUT2D eigenvalue weighted by atomic mass is 9.91. The maximum atomic E-state index is 12.6. The molecule has 0 aromatic heterocycles. The molecule has 2 aromatic carbocycles. The predicted molar refractivity (Wildman–Crippen MR) is 109 cm³/mol. The van der Waals surface area contributed by atoms with Crippen LogP contribution in [0.3, 0.4) is 0 Å². The fourth-order valence-corrected chi connectivity index (χ4v) is 2.99. The van der Waals surface area contributed by atoms with Crippen molar-refractivity contribution in [3.63, 3.8) is 0 Å². The van der Waals surface area contributed by atoms with E-state index in [0.717, 1.165) is 5.56 Å². The molecule has 1 aliphatic heterocycles. The van der Waals surface area contributed by atoms with Crippen molar-refractivity contribution in [3.8, 4) is 0 Å². The number of ether oxygens (including phenoxy) is 1. The molecule has 1 heterocycles. The van der Waals surface area contributed by atoms with Crippen LogP contribution in [0.4, 0.5) is 9.59 Å². The summed E-state index contributed by atoms with van der Waals surface area (Å²) in [5, 5.41) is 15.2. The van der Waals surface area contributed by atoms with Crippen LogP contribution in [0.5, 0.6) is 0 Å². The number of carbonyl (C=O) groups is 4. The molecule has 2 aromatic rings. The van der Waals surface area contributed by atoms with Gasteiger partial charge < -0.3 is 15.2 Å². The van der Waals surface area contributed by atoms with Gasteiger partial charge in [0.2, 0.25) is 0 Å². The zero-order valence-corrected chi connectivity index (χ0v) is 16.6. The van der Waals surface area contributed by atoms with E-state index in [4.69, 9.17) is 9.84 Å². The molecule has 10 nitrogen and oxygen atoms in total. The Morgan fingerprint density at radius 3 is 2.48 bits per heavy atom. The average Bonchev–Trinajstić information content (AvgIpc) is 2.97. The summed E-state index contributed by atoms with van der Waals surface area (Å²) < 4.78 is 5.04. The molecule has 3 N–H and O–H groups in total. The maximum absolute atomic E-state index is 12.6. The first-order valence-corrected chi connectivity index (χ1v) is 9.26. The zero-order chi connectivity index (χ0) is 22.4. The van der Waals surface area contributed by atoms with E-state index in [9.17, 15) is 19.2 Å². The average molecular weight is 424 g/mol. The molecule has 0 bridgehead atoms. The maximum Gasteiger partial charge on any atom is 0.428 e. The quantitative estimate of drug-likeness (QED) is 0.352. The second-order valence-corrected chi connectivity index (χ2v) is 6.89. The van der Waals surface area contributed by atoms with E-state index in [-0.39, 0.29) is 6.61 Å². The number of benzene rings is 2. The highest BCUT2D eigenvalue weighted by atomic mass is 16.6. The molecule has 10 heteroatoms. The van der Waals surface area contributed by atoms with Crippen molar-refractivity contribution in [1.82, 2.24) is 15.6 Å². The Hall–Kier alpha value is -4.21. The van der Waals surface area contributed by atoms with E-state index in [2.05, 4.69) is 15.8 Å². The smallest absolute Gasteiger partial charge is 0.428 e. The molecule has 1 atom stereocenters.